The number of amides is 1. The summed E-state index contributed by atoms with van der Waals surface area (Å²) in [5.74, 6) is -0.104. The minimum atomic E-state index is -0.261. The Labute approximate surface area is 127 Å². The van der Waals surface area contributed by atoms with Crippen molar-refractivity contribution in [2.75, 3.05) is 0 Å². The van der Waals surface area contributed by atoms with Crippen LogP contribution in [0.25, 0.3) is 0 Å². The molecule has 0 saturated carbocycles. The zero-order valence-electron chi connectivity index (χ0n) is 12.6. The Hall–Kier alpha value is -1.95. The van der Waals surface area contributed by atoms with Crippen molar-refractivity contribution in [3.8, 4) is 0 Å². The minimum absolute atomic E-state index is 0.157. The molecule has 1 unspecified atom stereocenters. The molecular formula is C15H19N3O2S. The molecule has 21 heavy (non-hydrogen) atoms. The van der Waals surface area contributed by atoms with Crippen molar-refractivity contribution < 1.29 is 4.79 Å². The van der Waals surface area contributed by atoms with Gasteiger partial charge in [0.1, 0.15) is 5.01 Å². The smallest absolute Gasteiger partial charge is 0.252 e. The van der Waals surface area contributed by atoms with E-state index < -0.39 is 0 Å². The molecule has 0 fully saturated rings. The van der Waals surface area contributed by atoms with Crippen LogP contribution >= 0.6 is 11.3 Å². The van der Waals surface area contributed by atoms with Crippen LogP contribution in [0.2, 0.25) is 0 Å². The van der Waals surface area contributed by atoms with Crippen molar-refractivity contribution >= 4 is 17.2 Å². The standard InChI is InChI=1S/C15H19N3O2S/c1-8(2)12-5-11(6-13(19)18-12)14(20)17-10(4)15-16-7-9(3)21-15/h5-8,10H,1-4H3,(H,17,20)(H,18,19). The van der Waals surface area contributed by atoms with Gasteiger partial charge in [-0.25, -0.2) is 4.98 Å². The highest BCUT2D eigenvalue weighted by Gasteiger charge is 2.15. The molecule has 0 saturated heterocycles. The average Bonchev–Trinajstić information content (AvgIpc) is 2.84. The molecule has 0 aliphatic carbocycles. The van der Waals surface area contributed by atoms with Crippen molar-refractivity contribution in [2.45, 2.75) is 39.7 Å². The van der Waals surface area contributed by atoms with Crippen molar-refractivity contribution in [1.82, 2.24) is 15.3 Å². The van der Waals surface area contributed by atoms with E-state index in [9.17, 15) is 9.59 Å². The summed E-state index contributed by atoms with van der Waals surface area (Å²) in [6.07, 6.45) is 1.78. The number of carbonyl (C=O) groups excluding carboxylic acids is 1. The van der Waals surface area contributed by atoms with Crippen molar-refractivity contribution in [3.63, 3.8) is 0 Å². The quantitative estimate of drug-likeness (QED) is 0.912. The summed E-state index contributed by atoms with van der Waals surface area (Å²) in [5.41, 5.74) is 0.872. The van der Waals surface area contributed by atoms with Crippen LogP contribution in [-0.2, 0) is 0 Å². The number of nitrogens with zero attached hydrogens (tertiary/aromatic N) is 1. The van der Waals surface area contributed by atoms with Gasteiger partial charge in [0.15, 0.2) is 0 Å². The van der Waals surface area contributed by atoms with Crippen LogP contribution in [0.15, 0.2) is 23.1 Å². The maximum absolute atomic E-state index is 12.3. The number of carbonyl (C=O) groups is 1. The molecule has 0 aromatic carbocycles. The Bertz CT molecular complexity index is 703. The summed E-state index contributed by atoms with van der Waals surface area (Å²) in [7, 11) is 0. The summed E-state index contributed by atoms with van der Waals surface area (Å²) >= 11 is 1.55. The van der Waals surface area contributed by atoms with Crippen molar-refractivity contribution in [2.24, 2.45) is 0 Å². The van der Waals surface area contributed by atoms with Crippen LogP contribution in [0.3, 0.4) is 0 Å². The first-order valence-corrected chi connectivity index (χ1v) is 7.66. The Morgan fingerprint density at radius 3 is 2.62 bits per heavy atom. The van der Waals surface area contributed by atoms with E-state index in [1.54, 1.807) is 23.6 Å². The molecule has 2 rings (SSSR count). The molecule has 1 atom stereocenters. The maximum Gasteiger partial charge on any atom is 0.252 e. The first-order chi connectivity index (χ1) is 9.86. The third-order valence-electron chi connectivity index (χ3n) is 3.11. The molecule has 5 nitrogen and oxygen atoms in total. The number of thiazole rings is 1. The van der Waals surface area contributed by atoms with Gasteiger partial charge in [-0.2, -0.15) is 0 Å². The first kappa shape index (κ1) is 15.4. The summed E-state index contributed by atoms with van der Waals surface area (Å²) in [4.78, 5) is 32.0. The zero-order valence-corrected chi connectivity index (χ0v) is 13.4. The van der Waals surface area contributed by atoms with Gasteiger partial charge in [0, 0.05) is 28.4 Å². The number of hydrogen-bond donors (Lipinski definition) is 2. The number of pyridine rings is 1. The van der Waals surface area contributed by atoms with Crippen LogP contribution in [-0.4, -0.2) is 15.9 Å². The molecule has 1 amide bonds. The summed E-state index contributed by atoms with van der Waals surface area (Å²) < 4.78 is 0. The Kier molecular flexibility index (Phi) is 4.57. The lowest BCUT2D eigenvalue weighted by molar-refractivity contribution is 0.0939. The number of hydrogen-bond acceptors (Lipinski definition) is 4. The molecule has 2 heterocycles. The number of nitrogens with one attached hydrogen (secondary N) is 2. The average molecular weight is 305 g/mol. The molecule has 0 radical (unpaired) electrons. The number of aromatic nitrogens is 2. The molecular weight excluding hydrogens is 286 g/mol. The molecule has 0 spiro atoms. The lowest BCUT2D eigenvalue weighted by Crippen LogP contribution is -2.28. The van der Waals surface area contributed by atoms with Crippen LogP contribution in [0, 0.1) is 6.92 Å². The Balaban J connectivity index is 2.18. The van der Waals surface area contributed by atoms with Gasteiger partial charge in [-0.15, -0.1) is 11.3 Å². The Morgan fingerprint density at radius 2 is 2.05 bits per heavy atom. The van der Waals surface area contributed by atoms with Gasteiger partial charge in [-0.1, -0.05) is 13.8 Å². The minimum Gasteiger partial charge on any atom is -0.343 e. The number of aryl methyl sites for hydroxylation is 1. The fourth-order valence-electron chi connectivity index (χ4n) is 1.92. The van der Waals surface area contributed by atoms with E-state index in [0.717, 1.165) is 15.6 Å². The second kappa shape index (κ2) is 6.22. The first-order valence-electron chi connectivity index (χ1n) is 6.84. The van der Waals surface area contributed by atoms with E-state index in [2.05, 4.69) is 15.3 Å². The second-order valence-electron chi connectivity index (χ2n) is 5.35. The van der Waals surface area contributed by atoms with Gasteiger partial charge in [-0.05, 0) is 25.8 Å². The highest BCUT2D eigenvalue weighted by Crippen LogP contribution is 2.19. The summed E-state index contributed by atoms with van der Waals surface area (Å²) in [6, 6.07) is 2.86. The third kappa shape index (κ3) is 3.78. The van der Waals surface area contributed by atoms with Crippen molar-refractivity contribution in [3.05, 3.63) is 49.8 Å². The van der Waals surface area contributed by atoms with Gasteiger partial charge in [0.25, 0.3) is 5.91 Å². The van der Waals surface area contributed by atoms with E-state index in [1.807, 2.05) is 27.7 Å². The van der Waals surface area contributed by atoms with Crippen LogP contribution in [0.5, 0.6) is 0 Å². The van der Waals surface area contributed by atoms with E-state index in [4.69, 9.17) is 0 Å². The third-order valence-corrected chi connectivity index (χ3v) is 4.20. The maximum atomic E-state index is 12.3. The zero-order chi connectivity index (χ0) is 15.6. The molecule has 2 N–H and O–H groups in total. The topological polar surface area (TPSA) is 74.8 Å². The Morgan fingerprint density at radius 1 is 1.33 bits per heavy atom. The lowest BCUT2D eigenvalue weighted by Gasteiger charge is -2.12. The molecule has 0 bridgehead atoms. The number of H-pyrrole nitrogens is 1. The van der Waals surface area contributed by atoms with E-state index in [-0.39, 0.29) is 23.4 Å². The van der Waals surface area contributed by atoms with E-state index in [0.29, 0.717) is 5.56 Å². The van der Waals surface area contributed by atoms with E-state index >= 15 is 0 Å². The highest BCUT2D eigenvalue weighted by molar-refractivity contribution is 7.11. The van der Waals surface area contributed by atoms with Crippen LogP contribution in [0.4, 0.5) is 0 Å². The molecule has 2 aromatic rings. The largest absolute Gasteiger partial charge is 0.343 e. The van der Waals surface area contributed by atoms with Gasteiger partial charge in [0.05, 0.1) is 6.04 Å². The van der Waals surface area contributed by atoms with E-state index in [1.165, 1.54) is 6.07 Å². The van der Waals surface area contributed by atoms with Gasteiger partial charge in [-0.3, -0.25) is 9.59 Å². The van der Waals surface area contributed by atoms with Crippen molar-refractivity contribution in [1.29, 1.82) is 0 Å². The summed E-state index contributed by atoms with van der Waals surface area (Å²) in [6.45, 7) is 7.79. The van der Waals surface area contributed by atoms with Crippen LogP contribution < -0.4 is 10.9 Å². The molecule has 112 valence electrons. The monoisotopic (exact) mass is 305 g/mol. The number of aromatic amines is 1. The fourth-order valence-corrected chi connectivity index (χ4v) is 2.70. The van der Waals surface area contributed by atoms with Crippen LogP contribution in [0.1, 0.15) is 58.7 Å². The normalized spacial score (nSPS) is 12.4. The fraction of sp³-hybridized carbons (Fsp3) is 0.400. The van der Waals surface area contributed by atoms with Gasteiger partial charge in [0.2, 0.25) is 5.56 Å². The molecule has 2 aromatic heterocycles. The number of rotatable bonds is 4. The molecule has 0 aliphatic heterocycles. The highest BCUT2D eigenvalue weighted by atomic mass is 32.1. The SMILES string of the molecule is Cc1cnc(C(C)NC(=O)c2cc(C(C)C)[nH]c(=O)c2)s1. The predicted octanol–water partition coefficient (Wildman–Crippen LogP) is 2.75. The second-order valence-corrected chi connectivity index (χ2v) is 6.61. The molecule has 6 heteroatoms. The summed E-state index contributed by atoms with van der Waals surface area (Å²) in [5, 5.41) is 3.73. The van der Waals surface area contributed by atoms with Gasteiger partial charge >= 0.3 is 0 Å². The predicted molar refractivity (Wildman–Crippen MR) is 83.9 cm³/mol. The molecule has 0 aliphatic rings. The lowest BCUT2D eigenvalue weighted by atomic mass is 10.1. The van der Waals surface area contributed by atoms with Gasteiger partial charge < -0.3 is 10.3 Å².